The highest BCUT2D eigenvalue weighted by Gasteiger charge is 2.72. The summed E-state index contributed by atoms with van der Waals surface area (Å²) in [4.78, 5) is 45.3. The Bertz CT molecular complexity index is 1490. The summed E-state index contributed by atoms with van der Waals surface area (Å²) in [6.07, 6.45) is 8.73. The summed E-state index contributed by atoms with van der Waals surface area (Å²) in [7, 11) is 0. The van der Waals surface area contributed by atoms with Gasteiger partial charge in [-0.1, -0.05) is 54.6 Å². The van der Waals surface area contributed by atoms with E-state index in [4.69, 9.17) is 23.2 Å². The maximum atomic E-state index is 16.1. The van der Waals surface area contributed by atoms with Gasteiger partial charge in [-0.3, -0.25) is 19.7 Å². The van der Waals surface area contributed by atoms with Crippen molar-refractivity contribution < 1.29 is 23.9 Å². The second-order valence-electron chi connectivity index (χ2n) is 13.1. The van der Waals surface area contributed by atoms with Crippen molar-refractivity contribution >= 4 is 46.7 Å². The number of carbonyl (C=O) groups excluding carboxylic acids is 2. The standard InChI is InChI=1S/C31H33Cl2FN4O4/c32-19-6-4-5-17(23(19)34)22-24(25(39)38-29-12-9-28(10-13-29,11-14-29)27(41)42)37-30(7-2-1-3-8-30)31(22)18-16-35-21(33)15-20(18)36-26(31)40/h4-6,15-16,22,24,37H,1-3,7-14H2,(H,36,40)(H,38,39)(H,41,42)/t22?,24-,28?,29?,31-/m1/s1. The molecule has 4 N–H and O–H groups in total. The van der Waals surface area contributed by atoms with Gasteiger partial charge in [0.25, 0.3) is 0 Å². The number of nitrogens with one attached hydrogen (secondary N) is 3. The second kappa shape index (κ2) is 9.63. The lowest BCUT2D eigenvalue weighted by molar-refractivity contribution is -0.157. The van der Waals surface area contributed by atoms with Crippen molar-refractivity contribution in [2.45, 2.75) is 99.1 Å². The molecule has 222 valence electrons. The highest BCUT2D eigenvalue weighted by Crippen LogP contribution is 2.63. The number of carbonyl (C=O) groups is 3. The number of hydrogen-bond acceptors (Lipinski definition) is 5. The van der Waals surface area contributed by atoms with Gasteiger partial charge in [-0.15, -0.1) is 0 Å². The molecular formula is C31H33Cl2FN4O4. The Morgan fingerprint density at radius 2 is 1.71 bits per heavy atom. The molecule has 6 aliphatic rings. The van der Waals surface area contributed by atoms with Crippen molar-refractivity contribution in [1.29, 1.82) is 0 Å². The zero-order valence-electron chi connectivity index (χ0n) is 23.1. The summed E-state index contributed by atoms with van der Waals surface area (Å²) in [6.45, 7) is 0. The molecule has 1 saturated heterocycles. The van der Waals surface area contributed by atoms with Gasteiger partial charge in [0.15, 0.2) is 0 Å². The molecule has 2 aliphatic heterocycles. The molecule has 0 radical (unpaired) electrons. The number of carboxylic acids is 1. The summed E-state index contributed by atoms with van der Waals surface area (Å²) < 4.78 is 16.1. The molecule has 3 heterocycles. The summed E-state index contributed by atoms with van der Waals surface area (Å²) in [5.41, 5.74) is -2.12. The smallest absolute Gasteiger partial charge is 0.309 e. The SMILES string of the molecule is O=C(NC12CCC(C(=O)O)(CC1)CC2)[C@@H]1NC2(CCCCC2)[C@@]2(C(=O)Nc3cc(Cl)ncc32)C1c1cccc(Cl)c1F. The molecule has 11 heteroatoms. The first-order chi connectivity index (χ1) is 20.1. The number of halogens is 3. The number of rotatable bonds is 4. The average molecular weight is 616 g/mol. The number of anilines is 1. The van der Waals surface area contributed by atoms with Crippen molar-refractivity contribution in [1.82, 2.24) is 15.6 Å². The Kier molecular flexibility index (Phi) is 6.43. The molecule has 2 bridgehead atoms. The van der Waals surface area contributed by atoms with Gasteiger partial charge in [0.05, 0.1) is 16.5 Å². The predicted octanol–water partition coefficient (Wildman–Crippen LogP) is 5.47. The van der Waals surface area contributed by atoms with Gasteiger partial charge in [0.1, 0.15) is 16.4 Å². The molecule has 3 atom stereocenters. The predicted molar refractivity (Wildman–Crippen MR) is 155 cm³/mol. The zero-order valence-corrected chi connectivity index (χ0v) is 24.6. The molecule has 2 spiro atoms. The lowest BCUT2D eigenvalue weighted by Crippen LogP contribution is -2.62. The van der Waals surface area contributed by atoms with Crippen LogP contribution in [0.25, 0.3) is 0 Å². The van der Waals surface area contributed by atoms with Crippen LogP contribution in [0.2, 0.25) is 10.2 Å². The van der Waals surface area contributed by atoms with Crippen molar-refractivity contribution in [3.63, 3.8) is 0 Å². The van der Waals surface area contributed by atoms with E-state index < -0.39 is 45.7 Å². The monoisotopic (exact) mass is 614 g/mol. The van der Waals surface area contributed by atoms with E-state index in [9.17, 15) is 19.5 Å². The van der Waals surface area contributed by atoms with E-state index in [0.29, 0.717) is 62.6 Å². The van der Waals surface area contributed by atoms with Crippen LogP contribution in [0.4, 0.5) is 10.1 Å². The van der Waals surface area contributed by atoms with Gasteiger partial charge in [0, 0.05) is 34.4 Å². The molecule has 8 nitrogen and oxygen atoms in total. The number of amides is 2. The number of fused-ring (bicyclic) bond motifs is 6. The highest BCUT2D eigenvalue weighted by molar-refractivity contribution is 6.31. The number of benzene rings is 1. The van der Waals surface area contributed by atoms with Crippen LogP contribution in [0.3, 0.4) is 0 Å². The minimum absolute atomic E-state index is 0.0811. The molecule has 4 saturated carbocycles. The highest BCUT2D eigenvalue weighted by atomic mass is 35.5. The summed E-state index contributed by atoms with van der Waals surface area (Å²) >= 11 is 12.6. The third-order valence-electron chi connectivity index (χ3n) is 11.3. The van der Waals surface area contributed by atoms with Crippen LogP contribution in [0.15, 0.2) is 30.5 Å². The van der Waals surface area contributed by atoms with Crippen LogP contribution >= 0.6 is 23.2 Å². The van der Waals surface area contributed by atoms with E-state index in [2.05, 4.69) is 20.9 Å². The van der Waals surface area contributed by atoms with Crippen LogP contribution in [0.1, 0.15) is 87.7 Å². The first-order valence-electron chi connectivity index (χ1n) is 14.8. The van der Waals surface area contributed by atoms with Gasteiger partial charge in [-0.25, -0.2) is 9.37 Å². The Hall–Kier alpha value is -2.75. The second-order valence-corrected chi connectivity index (χ2v) is 13.8. The molecule has 42 heavy (non-hydrogen) atoms. The minimum atomic E-state index is -1.34. The van der Waals surface area contributed by atoms with E-state index in [0.717, 1.165) is 19.3 Å². The van der Waals surface area contributed by atoms with Crippen molar-refractivity contribution in [3.05, 3.63) is 57.6 Å². The normalized spacial score (nSPS) is 34.4. The number of carboxylic acid groups (broad SMARTS) is 1. The van der Waals surface area contributed by atoms with Gasteiger partial charge >= 0.3 is 5.97 Å². The number of hydrogen-bond donors (Lipinski definition) is 4. The van der Waals surface area contributed by atoms with Gasteiger partial charge in [0.2, 0.25) is 11.8 Å². The molecule has 1 unspecified atom stereocenters. The minimum Gasteiger partial charge on any atom is -0.481 e. The van der Waals surface area contributed by atoms with Gasteiger partial charge < -0.3 is 15.7 Å². The maximum Gasteiger partial charge on any atom is 0.309 e. The van der Waals surface area contributed by atoms with Crippen LogP contribution in [-0.2, 0) is 19.8 Å². The lowest BCUT2D eigenvalue weighted by atomic mass is 9.55. The number of aromatic nitrogens is 1. The molecule has 2 amide bonds. The summed E-state index contributed by atoms with van der Waals surface area (Å²) in [6, 6.07) is 5.38. The molecule has 8 rings (SSSR count). The summed E-state index contributed by atoms with van der Waals surface area (Å²) in [5.74, 6) is -2.97. The number of nitrogens with zero attached hydrogens (tertiary/aromatic N) is 1. The van der Waals surface area contributed by atoms with E-state index in [1.807, 2.05) is 0 Å². The molecule has 2 aromatic rings. The third kappa shape index (κ3) is 3.75. The molecule has 4 aliphatic carbocycles. The van der Waals surface area contributed by atoms with E-state index >= 15 is 4.39 Å². The average Bonchev–Trinajstić information content (AvgIpc) is 3.43. The lowest BCUT2D eigenvalue weighted by Gasteiger charge is -2.52. The van der Waals surface area contributed by atoms with E-state index in [1.54, 1.807) is 24.4 Å². The van der Waals surface area contributed by atoms with Gasteiger partial charge in [-0.2, -0.15) is 0 Å². The topological polar surface area (TPSA) is 120 Å². The molecule has 1 aromatic carbocycles. The Balaban J connectivity index is 1.37. The Labute approximate surface area is 253 Å². The Morgan fingerprint density at radius 1 is 1.02 bits per heavy atom. The molecule has 1 aromatic heterocycles. The van der Waals surface area contributed by atoms with E-state index in [-0.39, 0.29) is 27.6 Å². The molecule has 5 fully saturated rings. The van der Waals surface area contributed by atoms with Gasteiger partial charge in [-0.05, 0) is 69.1 Å². The van der Waals surface area contributed by atoms with Crippen LogP contribution in [0.5, 0.6) is 0 Å². The van der Waals surface area contributed by atoms with Crippen LogP contribution in [-0.4, -0.2) is 45.0 Å². The van der Waals surface area contributed by atoms with Crippen LogP contribution in [0, 0.1) is 11.2 Å². The summed E-state index contributed by atoms with van der Waals surface area (Å²) in [5, 5.41) is 20.0. The fraction of sp³-hybridized carbons (Fsp3) is 0.548. The van der Waals surface area contributed by atoms with Crippen LogP contribution < -0.4 is 16.0 Å². The maximum absolute atomic E-state index is 16.1. The fourth-order valence-electron chi connectivity index (χ4n) is 9.13. The van der Waals surface area contributed by atoms with Crippen molar-refractivity contribution in [2.75, 3.05) is 5.32 Å². The third-order valence-corrected chi connectivity index (χ3v) is 11.8. The Morgan fingerprint density at radius 3 is 2.38 bits per heavy atom. The van der Waals surface area contributed by atoms with E-state index in [1.165, 1.54) is 6.07 Å². The van der Waals surface area contributed by atoms with Crippen molar-refractivity contribution in [3.8, 4) is 0 Å². The number of aliphatic carboxylic acids is 1. The molecular weight excluding hydrogens is 582 g/mol. The van der Waals surface area contributed by atoms with Crippen molar-refractivity contribution in [2.24, 2.45) is 5.41 Å². The quantitative estimate of drug-likeness (QED) is 0.339. The first-order valence-corrected chi connectivity index (χ1v) is 15.6. The zero-order chi connectivity index (χ0) is 29.5. The largest absolute Gasteiger partial charge is 0.481 e. The first kappa shape index (κ1) is 28.0. The fourth-order valence-corrected chi connectivity index (χ4v) is 9.47. The number of pyridine rings is 1.